The summed E-state index contributed by atoms with van der Waals surface area (Å²) >= 11 is 0. The highest BCUT2D eigenvalue weighted by atomic mass is 31.0. The molecular weight excluding hydrogens is 167 g/mol. The van der Waals surface area contributed by atoms with Crippen LogP contribution in [0.2, 0.25) is 0 Å². The smallest absolute Gasteiger partial charge is 0.0661 e. The number of rotatable bonds is 0. The molecule has 1 nitrogen and oxygen atoms in total. The fraction of sp³-hybridized carbons (Fsp3) is 1.00. The van der Waals surface area contributed by atoms with Crippen molar-refractivity contribution in [3.63, 3.8) is 0 Å². The molecule has 68 valence electrons. The topological polar surface area (TPSA) is 20.2 Å². The number of aliphatic hydroxyl groups is 1. The van der Waals surface area contributed by atoms with E-state index in [1.165, 1.54) is 19.3 Å². The minimum Gasteiger partial charge on any atom is -0.390 e. The van der Waals surface area contributed by atoms with E-state index in [0.717, 1.165) is 31.1 Å². The van der Waals surface area contributed by atoms with E-state index in [2.05, 4.69) is 9.24 Å². The van der Waals surface area contributed by atoms with Gasteiger partial charge in [0.2, 0.25) is 0 Å². The summed E-state index contributed by atoms with van der Waals surface area (Å²) in [6.45, 7) is 0. The summed E-state index contributed by atoms with van der Waals surface area (Å²) < 4.78 is 0. The molecule has 4 aliphatic carbocycles. The molecule has 4 saturated carbocycles. The Balaban J connectivity index is 1.98. The molecule has 0 spiro atoms. The second-order valence-electron chi connectivity index (χ2n) is 5.55. The fourth-order valence-corrected chi connectivity index (χ4v) is 5.33. The van der Waals surface area contributed by atoms with E-state index in [-0.39, 0.29) is 5.60 Å². The van der Waals surface area contributed by atoms with E-state index in [0.29, 0.717) is 5.16 Å². The Kier molecular flexibility index (Phi) is 1.34. The molecule has 0 aromatic heterocycles. The summed E-state index contributed by atoms with van der Waals surface area (Å²) in [5, 5.41) is 10.7. The van der Waals surface area contributed by atoms with Gasteiger partial charge in [-0.2, -0.15) is 0 Å². The molecule has 4 bridgehead atoms. The third-order valence-corrected chi connectivity index (χ3v) is 4.75. The lowest BCUT2D eigenvalue weighted by Crippen LogP contribution is -2.56. The van der Waals surface area contributed by atoms with Gasteiger partial charge in [0.25, 0.3) is 0 Å². The Bertz CT molecular complexity index is 192. The van der Waals surface area contributed by atoms with Gasteiger partial charge in [0.15, 0.2) is 0 Å². The molecule has 0 aromatic carbocycles. The van der Waals surface area contributed by atoms with Crippen LogP contribution < -0.4 is 0 Å². The maximum Gasteiger partial charge on any atom is 0.0661 e. The highest BCUT2D eigenvalue weighted by molar-refractivity contribution is 7.19. The third-order valence-electron chi connectivity index (χ3n) is 4.08. The second kappa shape index (κ2) is 2.07. The Morgan fingerprint density at radius 2 is 1.67 bits per heavy atom. The molecule has 3 unspecified atom stereocenters. The van der Waals surface area contributed by atoms with Gasteiger partial charge in [-0.25, -0.2) is 0 Å². The Morgan fingerprint density at radius 1 is 1.08 bits per heavy atom. The first-order chi connectivity index (χ1) is 5.57. The van der Waals surface area contributed by atoms with Gasteiger partial charge in [0, 0.05) is 0 Å². The predicted octanol–water partition coefficient (Wildman–Crippen LogP) is 1.95. The highest BCUT2D eigenvalue weighted by Gasteiger charge is 2.55. The zero-order valence-corrected chi connectivity index (χ0v) is 8.58. The first-order valence-electron chi connectivity index (χ1n) is 5.08. The van der Waals surface area contributed by atoms with E-state index in [1.54, 1.807) is 0 Å². The zero-order chi connectivity index (χ0) is 8.40. The summed E-state index contributed by atoms with van der Waals surface area (Å²) in [5.74, 6) is 1.68. The standard InChI is InChI=1S/C10H17OP/c11-9-2-7-1-8(3-9)5-10(12,4-7)6-9/h7-8,11H,1-6,12H2/t7-,8+,9?,10?. The fourth-order valence-electron chi connectivity index (χ4n) is 4.28. The normalized spacial score (nSPS) is 62.5. The van der Waals surface area contributed by atoms with E-state index >= 15 is 0 Å². The van der Waals surface area contributed by atoms with Gasteiger partial charge in [-0.1, -0.05) is 0 Å². The minimum absolute atomic E-state index is 0.258. The van der Waals surface area contributed by atoms with Gasteiger partial charge >= 0.3 is 0 Å². The Morgan fingerprint density at radius 3 is 2.08 bits per heavy atom. The summed E-state index contributed by atoms with van der Waals surface area (Å²) in [6, 6.07) is 0. The van der Waals surface area contributed by atoms with Gasteiger partial charge in [0.05, 0.1) is 5.60 Å². The summed E-state index contributed by atoms with van der Waals surface area (Å²) in [7, 11) is 3.03. The van der Waals surface area contributed by atoms with Crippen molar-refractivity contribution in [3.8, 4) is 0 Å². The van der Waals surface area contributed by atoms with Crippen molar-refractivity contribution >= 4 is 9.24 Å². The summed E-state index contributed by atoms with van der Waals surface area (Å²) in [5.41, 5.74) is -0.258. The molecule has 5 atom stereocenters. The molecule has 0 amide bonds. The molecule has 0 saturated heterocycles. The van der Waals surface area contributed by atoms with Crippen molar-refractivity contribution in [2.45, 2.75) is 49.3 Å². The Hall–Kier alpha value is 0.390. The van der Waals surface area contributed by atoms with E-state index in [9.17, 15) is 5.11 Å². The van der Waals surface area contributed by atoms with E-state index < -0.39 is 0 Å². The van der Waals surface area contributed by atoms with E-state index in [1.807, 2.05) is 0 Å². The van der Waals surface area contributed by atoms with Crippen LogP contribution in [0.4, 0.5) is 0 Å². The number of hydrogen-bond acceptors (Lipinski definition) is 1. The van der Waals surface area contributed by atoms with Crippen LogP contribution in [0.15, 0.2) is 0 Å². The molecule has 0 aromatic rings. The van der Waals surface area contributed by atoms with Crippen molar-refractivity contribution in [2.75, 3.05) is 0 Å². The van der Waals surface area contributed by atoms with Crippen LogP contribution in [0.1, 0.15) is 38.5 Å². The van der Waals surface area contributed by atoms with Crippen molar-refractivity contribution in [2.24, 2.45) is 11.8 Å². The molecule has 2 heteroatoms. The largest absolute Gasteiger partial charge is 0.390 e. The molecule has 1 N–H and O–H groups in total. The highest BCUT2D eigenvalue weighted by Crippen LogP contribution is 2.60. The summed E-state index contributed by atoms with van der Waals surface area (Å²) in [4.78, 5) is 0. The molecular formula is C10H17OP. The lowest BCUT2D eigenvalue weighted by atomic mass is 9.54. The maximum absolute atomic E-state index is 10.3. The Labute approximate surface area is 76.1 Å². The average Bonchev–Trinajstić information content (AvgIpc) is 1.75. The van der Waals surface area contributed by atoms with Gasteiger partial charge in [-0.3, -0.25) is 0 Å². The zero-order valence-electron chi connectivity index (χ0n) is 7.42. The van der Waals surface area contributed by atoms with Crippen LogP contribution in [-0.2, 0) is 0 Å². The van der Waals surface area contributed by atoms with E-state index in [4.69, 9.17) is 0 Å². The second-order valence-corrected chi connectivity index (χ2v) is 6.77. The maximum atomic E-state index is 10.3. The lowest BCUT2D eigenvalue weighted by Gasteiger charge is -2.59. The van der Waals surface area contributed by atoms with Crippen LogP contribution in [-0.4, -0.2) is 15.9 Å². The van der Waals surface area contributed by atoms with Crippen molar-refractivity contribution < 1.29 is 5.11 Å². The molecule has 0 heterocycles. The van der Waals surface area contributed by atoms with Crippen molar-refractivity contribution in [3.05, 3.63) is 0 Å². The quantitative estimate of drug-likeness (QED) is 0.570. The lowest BCUT2D eigenvalue weighted by molar-refractivity contribution is -0.114. The van der Waals surface area contributed by atoms with Crippen molar-refractivity contribution in [1.82, 2.24) is 0 Å². The monoisotopic (exact) mass is 184 g/mol. The molecule has 0 radical (unpaired) electrons. The average molecular weight is 184 g/mol. The third kappa shape index (κ3) is 0.992. The van der Waals surface area contributed by atoms with Gasteiger partial charge in [-0.05, 0) is 55.5 Å². The predicted molar refractivity (Wildman–Crippen MR) is 52.1 cm³/mol. The van der Waals surface area contributed by atoms with Gasteiger partial charge < -0.3 is 5.11 Å². The molecule has 4 fully saturated rings. The van der Waals surface area contributed by atoms with Crippen LogP contribution >= 0.6 is 9.24 Å². The van der Waals surface area contributed by atoms with Crippen LogP contribution in [0.3, 0.4) is 0 Å². The minimum atomic E-state index is -0.258. The number of hydrogen-bond donors (Lipinski definition) is 1. The molecule has 12 heavy (non-hydrogen) atoms. The molecule has 4 aliphatic rings. The van der Waals surface area contributed by atoms with Gasteiger partial charge in [0.1, 0.15) is 0 Å². The first kappa shape index (κ1) is 7.76. The van der Waals surface area contributed by atoms with Crippen LogP contribution in [0.25, 0.3) is 0 Å². The van der Waals surface area contributed by atoms with Gasteiger partial charge in [-0.15, -0.1) is 9.24 Å². The summed E-state index contributed by atoms with van der Waals surface area (Å²) in [6.07, 6.45) is 7.36. The van der Waals surface area contributed by atoms with Crippen LogP contribution in [0.5, 0.6) is 0 Å². The first-order valence-corrected chi connectivity index (χ1v) is 5.66. The van der Waals surface area contributed by atoms with Crippen LogP contribution in [0, 0.1) is 11.8 Å². The molecule has 4 rings (SSSR count). The van der Waals surface area contributed by atoms with Crippen molar-refractivity contribution in [1.29, 1.82) is 0 Å². The molecule has 0 aliphatic heterocycles. The SMILES string of the molecule is OC12C[C@H]3C[C@@H](C1)CC(P)(C3)C2.